The summed E-state index contributed by atoms with van der Waals surface area (Å²) in [5, 5.41) is 0.120. The minimum absolute atomic E-state index is 0.119. The van der Waals surface area contributed by atoms with E-state index in [0.29, 0.717) is 10.7 Å². The highest BCUT2D eigenvalue weighted by atomic mass is 35.5. The second-order valence-electron chi connectivity index (χ2n) is 6.07. The van der Waals surface area contributed by atoms with E-state index in [1.54, 1.807) is 18.2 Å². The number of benzene rings is 1. The number of carbonyl (C=O) groups is 2. The molecule has 0 spiro atoms. The highest BCUT2D eigenvalue weighted by molar-refractivity contribution is 6.67. The lowest BCUT2D eigenvalue weighted by atomic mass is 9.84. The third-order valence-corrected chi connectivity index (χ3v) is 9.47. The molecule has 4 rings (SSSR count). The molecule has 1 heterocycles. The van der Waals surface area contributed by atoms with Gasteiger partial charge in [-0.3, -0.25) is 9.59 Å². The summed E-state index contributed by atoms with van der Waals surface area (Å²) in [4.78, 5) is 23.5. The molecular weight excluding hydrogens is 474 g/mol. The summed E-state index contributed by atoms with van der Waals surface area (Å²) in [6, 6.07) is 6.27. The normalized spacial score (nSPS) is 38.8. The molecule has 0 N–H and O–H groups in total. The Balaban J connectivity index is 1.92. The monoisotopic (exact) mass is 477 g/mol. The van der Waals surface area contributed by atoms with E-state index in [2.05, 4.69) is 0 Å². The molecule has 0 radical (unpaired) electrons. The Kier molecular flexibility index (Phi) is 3.96. The number of hydrogen-bond acceptors (Lipinski definition) is 2. The van der Waals surface area contributed by atoms with Crippen LogP contribution in [0.2, 0.25) is 5.02 Å². The molecular formula is C15H6Cl7NO2. The zero-order valence-corrected chi connectivity index (χ0v) is 17.2. The van der Waals surface area contributed by atoms with E-state index in [9.17, 15) is 9.59 Å². The number of allylic oxidation sites excluding steroid dienone is 2. The molecule has 2 aliphatic carbocycles. The molecule has 2 fully saturated rings. The van der Waals surface area contributed by atoms with Crippen molar-refractivity contribution in [1.29, 1.82) is 0 Å². The minimum atomic E-state index is -1.93. The number of carbonyl (C=O) groups excluding carboxylic acids is 2. The molecule has 0 aromatic heterocycles. The fourth-order valence-corrected chi connectivity index (χ4v) is 6.98. The molecule has 0 unspecified atom stereocenters. The van der Waals surface area contributed by atoms with Gasteiger partial charge in [-0.15, -0.1) is 23.2 Å². The zero-order valence-electron chi connectivity index (χ0n) is 11.9. The lowest BCUT2D eigenvalue weighted by Gasteiger charge is -2.34. The van der Waals surface area contributed by atoms with Gasteiger partial charge in [0.2, 0.25) is 11.8 Å². The number of nitrogens with zero attached hydrogens (tertiary/aromatic N) is 1. The van der Waals surface area contributed by atoms with E-state index in [-0.39, 0.29) is 10.1 Å². The Hall–Kier alpha value is 0.130. The van der Waals surface area contributed by atoms with Gasteiger partial charge < -0.3 is 0 Å². The molecule has 3 aliphatic rings. The molecule has 2 amide bonds. The first-order chi connectivity index (χ1) is 11.5. The first-order valence-corrected chi connectivity index (χ1v) is 9.61. The summed E-state index contributed by atoms with van der Waals surface area (Å²) in [7, 11) is 0. The third-order valence-electron chi connectivity index (χ3n) is 4.98. The fraction of sp³-hybridized carbons (Fsp3) is 0.333. The van der Waals surface area contributed by atoms with E-state index in [0.717, 1.165) is 4.90 Å². The molecule has 132 valence electrons. The molecule has 1 aliphatic heterocycles. The van der Waals surface area contributed by atoms with Gasteiger partial charge in [0.15, 0.2) is 4.33 Å². The van der Waals surface area contributed by atoms with Crippen molar-refractivity contribution in [3.63, 3.8) is 0 Å². The number of anilines is 1. The van der Waals surface area contributed by atoms with Crippen LogP contribution in [0.3, 0.4) is 0 Å². The van der Waals surface area contributed by atoms with Gasteiger partial charge in [-0.25, -0.2) is 4.90 Å². The molecule has 1 saturated carbocycles. The number of alkyl halides is 4. The maximum atomic E-state index is 13.1. The van der Waals surface area contributed by atoms with Gasteiger partial charge in [0, 0.05) is 5.02 Å². The average Bonchev–Trinajstić information content (AvgIpc) is 2.92. The van der Waals surface area contributed by atoms with Crippen molar-refractivity contribution >= 4 is 98.7 Å². The van der Waals surface area contributed by atoms with Gasteiger partial charge >= 0.3 is 0 Å². The molecule has 1 aromatic rings. The largest absolute Gasteiger partial charge is 0.274 e. The van der Waals surface area contributed by atoms with Gasteiger partial charge in [0.25, 0.3) is 0 Å². The van der Waals surface area contributed by atoms with E-state index in [1.165, 1.54) is 6.07 Å². The Bertz CT molecular complexity index is 838. The number of rotatable bonds is 1. The number of fused-ring (bicyclic) bond motifs is 5. The molecule has 2 bridgehead atoms. The van der Waals surface area contributed by atoms with Gasteiger partial charge in [-0.2, -0.15) is 0 Å². The second kappa shape index (κ2) is 5.35. The van der Waals surface area contributed by atoms with Crippen LogP contribution in [0.1, 0.15) is 0 Å². The van der Waals surface area contributed by atoms with Crippen molar-refractivity contribution in [2.45, 2.75) is 14.1 Å². The number of hydrogen-bond donors (Lipinski definition) is 0. The van der Waals surface area contributed by atoms with Crippen molar-refractivity contribution in [2.75, 3.05) is 4.90 Å². The van der Waals surface area contributed by atoms with Gasteiger partial charge in [-0.05, 0) is 18.2 Å². The van der Waals surface area contributed by atoms with Crippen molar-refractivity contribution in [2.24, 2.45) is 11.8 Å². The summed E-state index contributed by atoms with van der Waals surface area (Å²) < 4.78 is -1.93. The van der Waals surface area contributed by atoms with Crippen molar-refractivity contribution in [1.82, 2.24) is 0 Å². The minimum Gasteiger partial charge on any atom is -0.274 e. The number of imide groups is 1. The van der Waals surface area contributed by atoms with Crippen LogP contribution >= 0.6 is 81.2 Å². The van der Waals surface area contributed by atoms with Crippen LogP contribution in [0.5, 0.6) is 0 Å². The van der Waals surface area contributed by atoms with E-state index in [4.69, 9.17) is 81.2 Å². The molecule has 1 aromatic carbocycles. The Morgan fingerprint density at radius 1 is 0.840 bits per heavy atom. The molecule has 1 saturated heterocycles. The van der Waals surface area contributed by atoms with Crippen molar-refractivity contribution < 1.29 is 9.59 Å². The van der Waals surface area contributed by atoms with Crippen LogP contribution in [-0.4, -0.2) is 25.9 Å². The molecule has 3 nitrogen and oxygen atoms in total. The van der Waals surface area contributed by atoms with Crippen molar-refractivity contribution in [3.05, 3.63) is 39.4 Å². The average molecular weight is 480 g/mol. The number of amides is 2. The highest BCUT2D eigenvalue weighted by Crippen LogP contribution is 2.77. The topological polar surface area (TPSA) is 37.4 Å². The smallest absolute Gasteiger partial charge is 0.240 e. The standard InChI is InChI=1S/C15H6Cl7NO2/c16-5-2-1-3-6(4-5)23-11(24)7-8(12(23)25)14(20)10(18)9(17)13(7,19)15(14,21)22/h1-4,7-8H/t7-,8-,13+,14+/m0/s1. The second-order valence-corrected chi connectivity index (χ2v) is 9.79. The third kappa shape index (κ3) is 1.84. The Morgan fingerprint density at radius 2 is 1.32 bits per heavy atom. The van der Waals surface area contributed by atoms with E-state index in [1.807, 2.05) is 0 Å². The van der Waals surface area contributed by atoms with Crippen LogP contribution in [0.4, 0.5) is 5.69 Å². The summed E-state index contributed by atoms with van der Waals surface area (Å²) >= 11 is 44.5. The molecule has 4 atom stereocenters. The van der Waals surface area contributed by atoms with Crippen LogP contribution in [0, 0.1) is 11.8 Å². The summed E-state index contributed by atoms with van der Waals surface area (Å²) in [5.41, 5.74) is 0.291. The van der Waals surface area contributed by atoms with Crippen LogP contribution < -0.4 is 4.90 Å². The predicted octanol–water partition coefficient (Wildman–Crippen LogP) is 5.29. The van der Waals surface area contributed by atoms with Gasteiger partial charge in [0.05, 0.1) is 27.6 Å². The lowest BCUT2D eigenvalue weighted by Crippen LogP contribution is -2.50. The van der Waals surface area contributed by atoms with Crippen LogP contribution in [0.25, 0.3) is 0 Å². The quantitative estimate of drug-likeness (QED) is 0.405. The SMILES string of the molecule is O=C1[C@@H]2[C@@H](C(=O)N1c1cccc(Cl)c1)[C@@]1(Cl)C(Cl)=C(Cl)[C@@]2(Cl)C1(Cl)Cl. The summed E-state index contributed by atoms with van der Waals surface area (Å²) in [6.45, 7) is 0. The van der Waals surface area contributed by atoms with E-state index >= 15 is 0 Å². The molecule has 10 heteroatoms. The lowest BCUT2D eigenvalue weighted by molar-refractivity contribution is -0.123. The van der Waals surface area contributed by atoms with Crippen LogP contribution in [0.15, 0.2) is 34.3 Å². The maximum absolute atomic E-state index is 13.1. The van der Waals surface area contributed by atoms with Crippen molar-refractivity contribution in [3.8, 4) is 0 Å². The Morgan fingerprint density at radius 3 is 1.76 bits per heavy atom. The van der Waals surface area contributed by atoms with Crippen LogP contribution in [-0.2, 0) is 9.59 Å². The summed E-state index contributed by atoms with van der Waals surface area (Å²) in [6.07, 6.45) is 0. The zero-order chi connectivity index (χ0) is 18.5. The molecule has 25 heavy (non-hydrogen) atoms. The highest BCUT2D eigenvalue weighted by Gasteiger charge is 2.87. The van der Waals surface area contributed by atoms with Gasteiger partial charge in [0.1, 0.15) is 9.75 Å². The first kappa shape index (κ1) is 18.5. The first-order valence-electron chi connectivity index (χ1n) is 6.96. The Labute approximate surface area is 177 Å². The fourth-order valence-electron chi connectivity index (χ4n) is 3.86. The maximum Gasteiger partial charge on any atom is 0.240 e. The summed E-state index contributed by atoms with van der Waals surface area (Å²) in [5.74, 6) is -3.52. The predicted molar refractivity (Wildman–Crippen MR) is 101 cm³/mol. The van der Waals surface area contributed by atoms with E-state index < -0.39 is 37.7 Å². The van der Waals surface area contributed by atoms with Gasteiger partial charge in [-0.1, -0.05) is 64.1 Å². The number of halogens is 7.